The molecule has 0 aliphatic carbocycles. The first-order valence-corrected chi connectivity index (χ1v) is 5.49. The average molecular weight is 282 g/mol. The van der Waals surface area contributed by atoms with Crippen LogP contribution >= 0.6 is 15.9 Å². The summed E-state index contributed by atoms with van der Waals surface area (Å²) in [6.07, 6.45) is 3.31. The number of nitrogens with one attached hydrogen (secondary N) is 1. The van der Waals surface area contributed by atoms with Crippen molar-refractivity contribution in [3.8, 4) is 0 Å². The van der Waals surface area contributed by atoms with Gasteiger partial charge in [0.25, 0.3) is 0 Å². The standard InChI is InChI=1S/C11H9BrFN3/c12-9-6-15-11(16-7-9)14-5-8-2-1-3-10(13)4-8/h1-4,6-7H,5H2,(H,14,15,16). The van der Waals surface area contributed by atoms with Crippen molar-refractivity contribution in [1.29, 1.82) is 0 Å². The Hall–Kier alpha value is -1.49. The zero-order valence-corrected chi connectivity index (χ0v) is 9.91. The molecule has 5 heteroatoms. The van der Waals surface area contributed by atoms with Gasteiger partial charge in [-0.3, -0.25) is 0 Å². The molecule has 0 bridgehead atoms. The SMILES string of the molecule is Fc1cccc(CNc2ncc(Br)cn2)c1. The lowest BCUT2D eigenvalue weighted by Gasteiger charge is -2.04. The first kappa shape index (κ1) is 11.0. The lowest BCUT2D eigenvalue weighted by Crippen LogP contribution is -2.03. The number of hydrogen-bond acceptors (Lipinski definition) is 3. The number of hydrogen-bond donors (Lipinski definition) is 1. The van der Waals surface area contributed by atoms with Gasteiger partial charge in [0, 0.05) is 18.9 Å². The van der Waals surface area contributed by atoms with E-state index in [1.807, 2.05) is 6.07 Å². The van der Waals surface area contributed by atoms with Gasteiger partial charge in [-0.25, -0.2) is 14.4 Å². The topological polar surface area (TPSA) is 37.8 Å². The van der Waals surface area contributed by atoms with Crippen molar-refractivity contribution in [3.63, 3.8) is 0 Å². The third-order valence-electron chi connectivity index (χ3n) is 1.96. The number of nitrogens with zero attached hydrogens (tertiary/aromatic N) is 2. The van der Waals surface area contributed by atoms with Gasteiger partial charge in [0.2, 0.25) is 5.95 Å². The quantitative estimate of drug-likeness (QED) is 0.940. The van der Waals surface area contributed by atoms with Crippen LogP contribution in [-0.4, -0.2) is 9.97 Å². The van der Waals surface area contributed by atoms with Gasteiger partial charge < -0.3 is 5.32 Å². The van der Waals surface area contributed by atoms with Gasteiger partial charge in [-0.1, -0.05) is 12.1 Å². The van der Waals surface area contributed by atoms with Crippen molar-refractivity contribution in [3.05, 3.63) is 52.5 Å². The molecule has 0 aliphatic heterocycles. The minimum Gasteiger partial charge on any atom is -0.350 e. The molecular formula is C11H9BrFN3. The lowest BCUT2D eigenvalue weighted by molar-refractivity contribution is 0.626. The van der Waals surface area contributed by atoms with Gasteiger partial charge >= 0.3 is 0 Å². The molecule has 1 aromatic heterocycles. The molecule has 1 N–H and O–H groups in total. The first-order chi connectivity index (χ1) is 7.74. The minimum absolute atomic E-state index is 0.240. The second kappa shape index (κ2) is 5.03. The van der Waals surface area contributed by atoms with E-state index < -0.39 is 0 Å². The Morgan fingerprint density at radius 3 is 2.69 bits per heavy atom. The van der Waals surface area contributed by atoms with Gasteiger partial charge in [-0.15, -0.1) is 0 Å². The van der Waals surface area contributed by atoms with E-state index >= 15 is 0 Å². The van der Waals surface area contributed by atoms with E-state index in [0.717, 1.165) is 10.0 Å². The van der Waals surface area contributed by atoms with Gasteiger partial charge in [-0.2, -0.15) is 0 Å². The lowest BCUT2D eigenvalue weighted by atomic mass is 10.2. The predicted molar refractivity (Wildman–Crippen MR) is 63.5 cm³/mol. The van der Waals surface area contributed by atoms with Crippen LogP contribution in [0, 0.1) is 5.82 Å². The van der Waals surface area contributed by atoms with Gasteiger partial charge in [-0.05, 0) is 33.6 Å². The largest absolute Gasteiger partial charge is 0.350 e. The fraction of sp³-hybridized carbons (Fsp3) is 0.0909. The molecule has 0 fully saturated rings. The summed E-state index contributed by atoms with van der Waals surface area (Å²) < 4.78 is 13.7. The molecule has 0 unspecified atom stereocenters. The van der Waals surface area contributed by atoms with Crippen molar-refractivity contribution in [2.24, 2.45) is 0 Å². The minimum atomic E-state index is -0.240. The second-order valence-electron chi connectivity index (χ2n) is 3.21. The summed E-state index contributed by atoms with van der Waals surface area (Å²) >= 11 is 3.25. The summed E-state index contributed by atoms with van der Waals surface area (Å²) in [5.74, 6) is 0.281. The summed E-state index contributed by atoms with van der Waals surface area (Å²) in [5.41, 5.74) is 0.853. The summed E-state index contributed by atoms with van der Waals surface area (Å²) in [5, 5.41) is 3.01. The highest BCUT2D eigenvalue weighted by Gasteiger charge is 1.97. The van der Waals surface area contributed by atoms with E-state index in [-0.39, 0.29) is 5.82 Å². The van der Waals surface area contributed by atoms with Gasteiger partial charge in [0.1, 0.15) is 5.82 Å². The Balaban J connectivity index is 1.99. The van der Waals surface area contributed by atoms with Crippen LogP contribution in [-0.2, 0) is 6.54 Å². The molecule has 3 nitrogen and oxygen atoms in total. The number of benzene rings is 1. The average Bonchev–Trinajstić information content (AvgIpc) is 2.28. The highest BCUT2D eigenvalue weighted by molar-refractivity contribution is 9.10. The molecule has 0 aliphatic rings. The molecule has 2 aromatic rings. The molecule has 82 valence electrons. The highest BCUT2D eigenvalue weighted by atomic mass is 79.9. The molecule has 1 heterocycles. The fourth-order valence-electron chi connectivity index (χ4n) is 1.23. The molecular weight excluding hydrogens is 273 g/mol. The molecule has 0 saturated heterocycles. The molecule has 1 aromatic carbocycles. The van der Waals surface area contributed by atoms with E-state index in [1.165, 1.54) is 12.1 Å². The number of halogens is 2. The fourth-order valence-corrected chi connectivity index (χ4v) is 1.44. The van der Waals surface area contributed by atoms with Crippen molar-refractivity contribution in [1.82, 2.24) is 9.97 Å². The van der Waals surface area contributed by atoms with Crippen molar-refractivity contribution < 1.29 is 4.39 Å². The van der Waals surface area contributed by atoms with Gasteiger partial charge in [0.05, 0.1) is 4.47 Å². The summed E-state index contributed by atoms with van der Waals surface area (Å²) in [4.78, 5) is 8.11. The zero-order valence-electron chi connectivity index (χ0n) is 8.32. The van der Waals surface area contributed by atoms with Crippen LogP contribution in [0.4, 0.5) is 10.3 Å². The van der Waals surface area contributed by atoms with Gasteiger partial charge in [0.15, 0.2) is 0 Å². The molecule has 0 atom stereocenters. The van der Waals surface area contributed by atoms with E-state index in [0.29, 0.717) is 12.5 Å². The molecule has 16 heavy (non-hydrogen) atoms. The Kier molecular flexibility index (Phi) is 3.46. The number of aromatic nitrogens is 2. The summed E-state index contributed by atoms with van der Waals surface area (Å²) in [6.45, 7) is 0.499. The number of anilines is 1. The Morgan fingerprint density at radius 2 is 2.00 bits per heavy atom. The Morgan fingerprint density at radius 1 is 1.25 bits per heavy atom. The maximum Gasteiger partial charge on any atom is 0.222 e. The summed E-state index contributed by atoms with van der Waals surface area (Å²) in [6, 6.07) is 6.41. The van der Waals surface area contributed by atoms with E-state index in [9.17, 15) is 4.39 Å². The smallest absolute Gasteiger partial charge is 0.222 e. The highest BCUT2D eigenvalue weighted by Crippen LogP contribution is 2.09. The van der Waals surface area contributed by atoms with Crippen molar-refractivity contribution in [2.45, 2.75) is 6.54 Å². The van der Waals surface area contributed by atoms with E-state index in [4.69, 9.17) is 0 Å². The van der Waals surface area contributed by atoms with E-state index in [1.54, 1.807) is 18.5 Å². The predicted octanol–water partition coefficient (Wildman–Crippen LogP) is 2.99. The van der Waals surface area contributed by atoms with Crippen LogP contribution in [0.15, 0.2) is 41.1 Å². The van der Waals surface area contributed by atoms with Crippen LogP contribution in [0.25, 0.3) is 0 Å². The van der Waals surface area contributed by atoms with Crippen LogP contribution in [0.3, 0.4) is 0 Å². The van der Waals surface area contributed by atoms with Crippen molar-refractivity contribution in [2.75, 3.05) is 5.32 Å². The number of rotatable bonds is 3. The molecule has 0 radical (unpaired) electrons. The first-order valence-electron chi connectivity index (χ1n) is 4.70. The molecule has 0 amide bonds. The Labute approximate surface area is 101 Å². The monoisotopic (exact) mass is 281 g/mol. The normalized spacial score (nSPS) is 10.1. The maximum atomic E-state index is 12.9. The summed E-state index contributed by atoms with van der Waals surface area (Å²) in [7, 11) is 0. The molecule has 0 saturated carbocycles. The molecule has 2 rings (SSSR count). The Bertz CT molecular complexity index is 473. The van der Waals surface area contributed by atoms with E-state index in [2.05, 4.69) is 31.2 Å². The third kappa shape index (κ3) is 3.00. The third-order valence-corrected chi connectivity index (χ3v) is 2.37. The zero-order chi connectivity index (χ0) is 11.4. The van der Waals surface area contributed by atoms with Crippen LogP contribution in [0.2, 0.25) is 0 Å². The van der Waals surface area contributed by atoms with Crippen molar-refractivity contribution >= 4 is 21.9 Å². The maximum absolute atomic E-state index is 12.9. The molecule has 0 spiro atoms. The van der Waals surface area contributed by atoms with Crippen LogP contribution < -0.4 is 5.32 Å². The van der Waals surface area contributed by atoms with Crippen LogP contribution in [0.1, 0.15) is 5.56 Å². The second-order valence-corrected chi connectivity index (χ2v) is 4.12. The van der Waals surface area contributed by atoms with Crippen LogP contribution in [0.5, 0.6) is 0 Å².